The van der Waals surface area contributed by atoms with Gasteiger partial charge in [-0.05, 0) is 0 Å². The minimum atomic E-state index is -4.95. The van der Waals surface area contributed by atoms with E-state index in [4.69, 9.17) is 13.3 Å². The van der Waals surface area contributed by atoms with Gasteiger partial charge in [0.2, 0.25) is 0 Å². The third-order valence-electron chi connectivity index (χ3n) is 1.43. The normalized spacial score (nSPS) is 11.2. The molecule has 0 unspecified atom stereocenters. The summed E-state index contributed by atoms with van der Waals surface area (Å²) in [4.78, 5) is 10.4. The number of carboxylic acid groups (broad SMARTS) is 1. The van der Waals surface area contributed by atoms with Crippen molar-refractivity contribution in [3.05, 3.63) is 29.8 Å². The van der Waals surface area contributed by atoms with E-state index in [1.807, 2.05) is 0 Å². The van der Waals surface area contributed by atoms with E-state index >= 15 is 0 Å². The van der Waals surface area contributed by atoms with Crippen LogP contribution in [0.2, 0.25) is 0 Å². The number of hydrogen-bond acceptors (Lipinski definition) is 2. The Morgan fingerprint density at radius 1 is 1.31 bits per heavy atom. The first-order valence-electron chi connectivity index (χ1n) is 3.31. The molecule has 1 aromatic rings. The summed E-state index contributed by atoms with van der Waals surface area (Å²) in [5.41, 5.74) is -0.123. The number of benzene rings is 1. The van der Waals surface area contributed by atoms with E-state index in [9.17, 15) is 8.53 Å². The minimum absolute atomic E-state index is 0.123. The molecule has 70 valence electrons. The van der Waals surface area contributed by atoms with Crippen LogP contribution in [0, 0.1) is 0 Å². The zero-order valence-electron chi connectivity index (χ0n) is 6.41. The molecule has 0 aromatic heterocycles. The molecule has 0 radical (unpaired) electrons. The number of aromatic carboxylic acids is 1. The third kappa shape index (κ3) is 2.45. The Kier molecular flexibility index (Phi) is 2.61. The molecule has 13 heavy (non-hydrogen) atoms. The van der Waals surface area contributed by atoms with Crippen LogP contribution < -0.4 is 4.35 Å². The van der Waals surface area contributed by atoms with Crippen LogP contribution in [0.25, 0.3) is 0 Å². The van der Waals surface area contributed by atoms with Crippen molar-refractivity contribution in [2.24, 2.45) is 0 Å². The van der Waals surface area contributed by atoms with Gasteiger partial charge in [0.05, 0.1) is 0 Å². The summed E-state index contributed by atoms with van der Waals surface area (Å²) in [6.45, 7) is 0. The molecule has 6 heteroatoms. The second-order valence-corrected chi connectivity index (χ2v) is 5.77. The quantitative estimate of drug-likeness (QED) is 0.578. The van der Waals surface area contributed by atoms with Gasteiger partial charge in [-0.2, -0.15) is 0 Å². The zero-order chi connectivity index (χ0) is 10.1. The van der Waals surface area contributed by atoms with E-state index in [1.165, 1.54) is 18.2 Å². The third-order valence-corrected chi connectivity index (χ3v) is 3.42. The Hall–Kier alpha value is -1.03. The predicted molar refractivity (Wildman–Crippen MR) is 43.9 cm³/mol. The summed E-state index contributed by atoms with van der Waals surface area (Å²) >= 11 is -4.95. The fourth-order valence-corrected chi connectivity index (χ4v) is 2.05. The van der Waals surface area contributed by atoms with E-state index in [0.29, 0.717) is 0 Å². The number of hydrogen-bond donors (Lipinski definition) is 3. The molecule has 0 amide bonds. The standard InChI is InChI=1S/C7H7AsO5/c9-7(10)5-2-1-3-6(4-5)8(11,12)13/h1-4H,(H,9,10)(H2,11,12,13). The Labute approximate surface area is 76.6 Å². The maximum atomic E-state index is 10.8. The molecule has 0 bridgehead atoms. The van der Waals surface area contributed by atoms with E-state index in [2.05, 4.69) is 0 Å². The fraction of sp³-hybridized carbons (Fsp3) is 0. The Balaban J connectivity index is 3.21. The van der Waals surface area contributed by atoms with Crippen LogP contribution in [0.15, 0.2) is 24.3 Å². The molecule has 0 spiro atoms. The molecule has 0 saturated carbocycles. The molecule has 3 N–H and O–H groups in total. The van der Waals surface area contributed by atoms with Gasteiger partial charge in [-0.25, -0.2) is 0 Å². The van der Waals surface area contributed by atoms with Crippen LogP contribution in [0.3, 0.4) is 0 Å². The van der Waals surface area contributed by atoms with Crippen molar-refractivity contribution < 1.29 is 21.8 Å². The first-order valence-corrected chi connectivity index (χ1v) is 6.69. The van der Waals surface area contributed by atoms with Gasteiger partial charge >= 0.3 is 76.2 Å². The summed E-state index contributed by atoms with van der Waals surface area (Å²) in [5, 5.41) is 8.53. The molecule has 0 saturated heterocycles. The fourth-order valence-electron chi connectivity index (χ4n) is 0.820. The van der Waals surface area contributed by atoms with Gasteiger partial charge in [-0.15, -0.1) is 0 Å². The SMILES string of the molecule is O=C(O)c1cccc([As](=O)(O)O)c1. The van der Waals surface area contributed by atoms with E-state index in [-0.39, 0.29) is 9.91 Å². The number of carboxylic acids is 1. The molecule has 0 aliphatic heterocycles. The summed E-state index contributed by atoms with van der Waals surface area (Å²) in [6, 6.07) is 4.78. The van der Waals surface area contributed by atoms with Gasteiger partial charge in [-0.3, -0.25) is 0 Å². The van der Waals surface area contributed by atoms with Crippen molar-refractivity contribution in [1.82, 2.24) is 0 Å². The van der Waals surface area contributed by atoms with Crippen molar-refractivity contribution in [2.45, 2.75) is 0 Å². The monoisotopic (exact) mass is 246 g/mol. The molecular formula is C7H7AsO5. The van der Waals surface area contributed by atoms with Crippen molar-refractivity contribution in [2.75, 3.05) is 0 Å². The molecule has 0 heterocycles. The molecule has 1 rings (SSSR count). The van der Waals surface area contributed by atoms with Crippen LogP contribution in [-0.2, 0) is 3.74 Å². The average Bonchev–Trinajstić information content (AvgIpc) is 2.03. The number of carbonyl (C=O) groups is 1. The van der Waals surface area contributed by atoms with E-state index in [0.717, 1.165) is 6.07 Å². The average molecular weight is 246 g/mol. The Bertz CT molecular complexity index is 380. The molecule has 0 aliphatic carbocycles. The van der Waals surface area contributed by atoms with Gasteiger partial charge in [-0.1, -0.05) is 0 Å². The summed E-state index contributed by atoms with van der Waals surface area (Å²) in [7, 11) is 0. The Morgan fingerprint density at radius 2 is 1.92 bits per heavy atom. The van der Waals surface area contributed by atoms with Crippen LogP contribution in [0.5, 0.6) is 0 Å². The van der Waals surface area contributed by atoms with Gasteiger partial charge < -0.3 is 0 Å². The predicted octanol–water partition coefficient (Wildman–Crippen LogP) is -1.05. The van der Waals surface area contributed by atoms with Crippen LogP contribution in [-0.4, -0.2) is 33.4 Å². The van der Waals surface area contributed by atoms with Crippen molar-refractivity contribution >= 4 is 24.5 Å². The molecule has 0 fully saturated rings. The summed E-state index contributed by atoms with van der Waals surface area (Å²) in [6.07, 6.45) is 0. The summed E-state index contributed by atoms with van der Waals surface area (Å²) < 4.78 is 28.1. The van der Waals surface area contributed by atoms with Gasteiger partial charge in [0.25, 0.3) is 0 Å². The number of rotatable bonds is 2. The topological polar surface area (TPSA) is 94.8 Å². The van der Waals surface area contributed by atoms with Crippen molar-refractivity contribution in [3.8, 4) is 0 Å². The Morgan fingerprint density at radius 3 is 2.38 bits per heavy atom. The first-order chi connectivity index (χ1) is 5.91. The van der Waals surface area contributed by atoms with Crippen LogP contribution in [0.1, 0.15) is 10.4 Å². The van der Waals surface area contributed by atoms with E-state index < -0.39 is 20.1 Å². The summed E-state index contributed by atoms with van der Waals surface area (Å²) in [5.74, 6) is -1.20. The van der Waals surface area contributed by atoms with Crippen LogP contribution >= 0.6 is 0 Å². The second kappa shape index (κ2) is 3.38. The van der Waals surface area contributed by atoms with Gasteiger partial charge in [0.15, 0.2) is 0 Å². The molecule has 0 aliphatic rings. The van der Waals surface area contributed by atoms with Crippen LogP contribution in [0.4, 0.5) is 0 Å². The second-order valence-electron chi connectivity index (χ2n) is 2.40. The van der Waals surface area contributed by atoms with Gasteiger partial charge in [0, 0.05) is 0 Å². The zero-order valence-corrected chi connectivity index (χ0v) is 8.29. The molecule has 1 aromatic carbocycles. The van der Waals surface area contributed by atoms with Crippen molar-refractivity contribution in [1.29, 1.82) is 0 Å². The molecule has 0 atom stereocenters. The maximum absolute atomic E-state index is 10.8. The first kappa shape index (κ1) is 10.1. The molecule has 5 nitrogen and oxygen atoms in total. The van der Waals surface area contributed by atoms with E-state index in [1.54, 1.807) is 0 Å². The molecular weight excluding hydrogens is 239 g/mol. The van der Waals surface area contributed by atoms with Crippen molar-refractivity contribution in [3.63, 3.8) is 0 Å². The van der Waals surface area contributed by atoms with Gasteiger partial charge in [0.1, 0.15) is 0 Å².